The Labute approximate surface area is 85.7 Å². The fourth-order valence-corrected chi connectivity index (χ4v) is 1.66. The topological polar surface area (TPSA) is 43.6 Å². The molecule has 0 unspecified atom stereocenters. The van der Waals surface area contributed by atoms with Gasteiger partial charge in [0.2, 0.25) is 0 Å². The molecule has 5 heteroatoms. The third-order valence-corrected chi connectivity index (χ3v) is 2.61. The van der Waals surface area contributed by atoms with Crippen molar-refractivity contribution >= 4 is 0 Å². The molecule has 1 aromatic carbocycles. The van der Waals surface area contributed by atoms with E-state index in [1.165, 1.54) is 17.1 Å². The van der Waals surface area contributed by atoms with Gasteiger partial charge < -0.3 is 0 Å². The molecule has 0 radical (unpaired) electrons. The molecule has 15 heavy (non-hydrogen) atoms. The Bertz CT molecular complexity index is 476. The van der Waals surface area contributed by atoms with Crippen LogP contribution in [0.1, 0.15) is 24.3 Å². The first kappa shape index (κ1) is 8.52. The standard InChI is InChI=1S/C10H9FN4/c11-10-5-8(15-6-12-13-14-15)3-4-9(10)7-1-2-7/h3-7H,1-2H2. The van der Waals surface area contributed by atoms with Crippen LogP contribution in [0.3, 0.4) is 0 Å². The van der Waals surface area contributed by atoms with Crippen LogP contribution < -0.4 is 0 Å². The summed E-state index contributed by atoms with van der Waals surface area (Å²) in [4.78, 5) is 0. The minimum absolute atomic E-state index is 0.162. The monoisotopic (exact) mass is 204 g/mol. The minimum Gasteiger partial charge on any atom is -0.207 e. The van der Waals surface area contributed by atoms with Gasteiger partial charge in [-0.15, -0.1) is 5.10 Å². The summed E-state index contributed by atoms with van der Waals surface area (Å²) in [6, 6.07) is 5.14. The highest BCUT2D eigenvalue weighted by Gasteiger charge is 2.26. The van der Waals surface area contributed by atoms with Crippen LogP contribution in [-0.2, 0) is 0 Å². The maximum absolute atomic E-state index is 13.7. The smallest absolute Gasteiger partial charge is 0.143 e. The average molecular weight is 204 g/mol. The van der Waals surface area contributed by atoms with E-state index in [1.807, 2.05) is 12.1 Å². The SMILES string of the molecule is Fc1cc(-n2cnnn2)ccc1C1CC1. The van der Waals surface area contributed by atoms with Gasteiger partial charge in [-0.3, -0.25) is 0 Å². The molecule has 1 aliphatic rings. The van der Waals surface area contributed by atoms with Crippen LogP contribution in [0.2, 0.25) is 0 Å². The zero-order valence-electron chi connectivity index (χ0n) is 7.97. The Morgan fingerprint density at radius 3 is 2.80 bits per heavy atom. The lowest BCUT2D eigenvalue weighted by Crippen LogP contribution is -1.97. The second-order valence-corrected chi connectivity index (χ2v) is 3.73. The Balaban J connectivity index is 2.01. The second kappa shape index (κ2) is 3.12. The van der Waals surface area contributed by atoms with Crippen LogP contribution in [0, 0.1) is 5.82 Å². The molecule has 1 saturated carbocycles. The van der Waals surface area contributed by atoms with Crippen LogP contribution in [0.4, 0.5) is 4.39 Å². The molecule has 0 saturated heterocycles. The molecule has 3 rings (SSSR count). The molecule has 0 spiro atoms. The highest BCUT2D eigenvalue weighted by Crippen LogP contribution is 2.41. The molecule has 0 N–H and O–H groups in total. The molecular formula is C10H9FN4. The van der Waals surface area contributed by atoms with Gasteiger partial charge in [0.25, 0.3) is 0 Å². The minimum atomic E-state index is -0.162. The van der Waals surface area contributed by atoms with Crippen LogP contribution in [-0.4, -0.2) is 20.2 Å². The van der Waals surface area contributed by atoms with Gasteiger partial charge in [-0.05, 0) is 46.9 Å². The summed E-state index contributed by atoms with van der Waals surface area (Å²) >= 11 is 0. The molecule has 0 bridgehead atoms. The quantitative estimate of drug-likeness (QED) is 0.747. The van der Waals surface area contributed by atoms with Crippen molar-refractivity contribution in [3.63, 3.8) is 0 Å². The van der Waals surface area contributed by atoms with Crippen molar-refractivity contribution in [2.24, 2.45) is 0 Å². The summed E-state index contributed by atoms with van der Waals surface area (Å²) < 4.78 is 15.1. The number of hydrogen-bond donors (Lipinski definition) is 0. The summed E-state index contributed by atoms with van der Waals surface area (Å²) in [5, 5.41) is 10.7. The zero-order chi connectivity index (χ0) is 10.3. The van der Waals surface area contributed by atoms with Crippen molar-refractivity contribution in [3.05, 3.63) is 35.9 Å². The molecule has 1 aromatic heterocycles. The summed E-state index contributed by atoms with van der Waals surface area (Å²) in [5.74, 6) is 0.262. The lowest BCUT2D eigenvalue weighted by Gasteiger charge is -2.03. The van der Waals surface area contributed by atoms with E-state index < -0.39 is 0 Å². The van der Waals surface area contributed by atoms with Crippen molar-refractivity contribution in [2.75, 3.05) is 0 Å². The van der Waals surface area contributed by atoms with E-state index in [4.69, 9.17) is 0 Å². The Kier molecular flexibility index (Phi) is 1.77. The number of rotatable bonds is 2. The van der Waals surface area contributed by atoms with E-state index in [2.05, 4.69) is 15.5 Å². The molecule has 0 amide bonds. The molecule has 1 aliphatic carbocycles. The predicted molar refractivity (Wildman–Crippen MR) is 51.1 cm³/mol. The van der Waals surface area contributed by atoms with Gasteiger partial charge in [0.15, 0.2) is 0 Å². The maximum Gasteiger partial charge on any atom is 0.143 e. The fourth-order valence-electron chi connectivity index (χ4n) is 1.66. The van der Waals surface area contributed by atoms with Crippen molar-refractivity contribution in [1.82, 2.24) is 20.2 Å². The first-order chi connectivity index (χ1) is 7.34. The Morgan fingerprint density at radius 1 is 1.33 bits per heavy atom. The maximum atomic E-state index is 13.7. The first-order valence-electron chi connectivity index (χ1n) is 4.87. The van der Waals surface area contributed by atoms with E-state index in [1.54, 1.807) is 0 Å². The van der Waals surface area contributed by atoms with E-state index in [9.17, 15) is 4.39 Å². The van der Waals surface area contributed by atoms with Crippen LogP contribution in [0.25, 0.3) is 5.69 Å². The number of halogens is 1. The van der Waals surface area contributed by atoms with Crippen molar-refractivity contribution in [1.29, 1.82) is 0 Å². The molecule has 76 valence electrons. The van der Waals surface area contributed by atoms with Crippen LogP contribution in [0.5, 0.6) is 0 Å². The van der Waals surface area contributed by atoms with Crippen LogP contribution in [0.15, 0.2) is 24.5 Å². The molecule has 1 fully saturated rings. The van der Waals surface area contributed by atoms with Gasteiger partial charge >= 0.3 is 0 Å². The van der Waals surface area contributed by atoms with Gasteiger partial charge in [-0.2, -0.15) is 0 Å². The number of hydrogen-bond acceptors (Lipinski definition) is 3. The molecule has 1 heterocycles. The highest BCUT2D eigenvalue weighted by atomic mass is 19.1. The number of aromatic nitrogens is 4. The summed E-state index contributed by atoms with van der Waals surface area (Å²) in [7, 11) is 0. The van der Waals surface area contributed by atoms with Gasteiger partial charge in [-0.1, -0.05) is 6.07 Å². The fraction of sp³-hybridized carbons (Fsp3) is 0.300. The van der Waals surface area contributed by atoms with E-state index in [-0.39, 0.29) is 5.82 Å². The number of tetrazole rings is 1. The first-order valence-corrected chi connectivity index (χ1v) is 4.87. The Morgan fingerprint density at radius 2 is 2.20 bits per heavy atom. The van der Waals surface area contributed by atoms with E-state index in [0.717, 1.165) is 18.4 Å². The van der Waals surface area contributed by atoms with E-state index in [0.29, 0.717) is 11.6 Å². The van der Waals surface area contributed by atoms with Gasteiger partial charge in [0, 0.05) is 0 Å². The summed E-state index contributed by atoms with van der Waals surface area (Å²) in [5.41, 5.74) is 1.47. The molecule has 2 aromatic rings. The molecule has 0 atom stereocenters. The van der Waals surface area contributed by atoms with Crippen molar-refractivity contribution in [3.8, 4) is 5.69 Å². The predicted octanol–water partition coefficient (Wildman–Crippen LogP) is 1.68. The third kappa shape index (κ3) is 1.49. The Hall–Kier alpha value is -1.78. The zero-order valence-corrected chi connectivity index (χ0v) is 7.97. The summed E-state index contributed by atoms with van der Waals surface area (Å²) in [6.07, 6.45) is 3.65. The number of nitrogens with zero attached hydrogens (tertiary/aromatic N) is 4. The van der Waals surface area contributed by atoms with Crippen molar-refractivity contribution < 1.29 is 4.39 Å². The normalized spacial score (nSPS) is 15.5. The second-order valence-electron chi connectivity index (χ2n) is 3.73. The van der Waals surface area contributed by atoms with Gasteiger partial charge in [-0.25, -0.2) is 9.07 Å². The lowest BCUT2D eigenvalue weighted by molar-refractivity contribution is 0.608. The lowest BCUT2D eigenvalue weighted by atomic mass is 10.1. The molecular weight excluding hydrogens is 195 g/mol. The highest BCUT2D eigenvalue weighted by molar-refractivity contribution is 5.37. The summed E-state index contributed by atoms with van der Waals surface area (Å²) in [6.45, 7) is 0. The third-order valence-electron chi connectivity index (χ3n) is 2.61. The van der Waals surface area contributed by atoms with Gasteiger partial charge in [0.05, 0.1) is 5.69 Å². The van der Waals surface area contributed by atoms with Gasteiger partial charge in [0.1, 0.15) is 12.1 Å². The van der Waals surface area contributed by atoms with E-state index >= 15 is 0 Å². The van der Waals surface area contributed by atoms with Crippen LogP contribution >= 0.6 is 0 Å². The number of benzene rings is 1. The molecule has 4 nitrogen and oxygen atoms in total. The molecule has 0 aliphatic heterocycles. The largest absolute Gasteiger partial charge is 0.207 e. The average Bonchev–Trinajstić information content (AvgIpc) is 2.93. The van der Waals surface area contributed by atoms with Crippen molar-refractivity contribution in [2.45, 2.75) is 18.8 Å².